The van der Waals surface area contributed by atoms with Crippen molar-refractivity contribution in [3.63, 3.8) is 0 Å². The van der Waals surface area contributed by atoms with Gasteiger partial charge in [-0.25, -0.2) is 4.79 Å². The second-order valence-corrected chi connectivity index (χ2v) is 9.21. The molecule has 0 unspecified atom stereocenters. The van der Waals surface area contributed by atoms with Crippen LogP contribution in [0.3, 0.4) is 0 Å². The number of nitrogens with zero attached hydrogens (tertiary/aromatic N) is 3. The summed E-state index contributed by atoms with van der Waals surface area (Å²) < 4.78 is 13.4. The number of anilines is 1. The highest BCUT2D eigenvalue weighted by atomic mass is 16.6. The number of hydrogen-bond donors (Lipinski definition) is 1. The van der Waals surface area contributed by atoms with Crippen LogP contribution in [0.1, 0.15) is 68.9 Å². The minimum absolute atomic E-state index is 0.00910. The van der Waals surface area contributed by atoms with Gasteiger partial charge in [0, 0.05) is 25.4 Å². The molecule has 0 bridgehead atoms. The van der Waals surface area contributed by atoms with E-state index in [2.05, 4.69) is 5.32 Å². The second-order valence-electron chi connectivity index (χ2n) is 9.21. The maximum atomic E-state index is 12.9. The number of nitro groups is 1. The van der Waals surface area contributed by atoms with Crippen molar-refractivity contribution in [2.24, 2.45) is 5.92 Å². The Morgan fingerprint density at radius 1 is 1.12 bits per heavy atom. The third kappa shape index (κ3) is 7.46. The number of carbonyl (C=O) groups is 3. The topological polar surface area (TPSA) is 135 Å². The van der Waals surface area contributed by atoms with Crippen LogP contribution in [0.25, 0.3) is 0 Å². The molecule has 0 aliphatic heterocycles. The normalized spacial score (nSPS) is 11.4. The molecule has 0 atom stereocenters. The van der Waals surface area contributed by atoms with Crippen molar-refractivity contribution in [2.75, 3.05) is 11.9 Å². The van der Waals surface area contributed by atoms with Gasteiger partial charge in [-0.1, -0.05) is 13.8 Å². The summed E-state index contributed by atoms with van der Waals surface area (Å²) in [6, 6.07) is 2.65. The lowest BCUT2D eigenvalue weighted by molar-refractivity contribution is -0.384. The van der Waals surface area contributed by atoms with Crippen LogP contribution in [0.2, 0.25) is 0 Å². The predicted molar refractivity (Wildman–Crippen MR) is 125 cm³/mol. The first-order valence-corrected chi connectivity index (χ1v) is 11.1. The first kappa shape index (κ1) is 26.6. The Morgan fingerprint density at radius 3 is 2.35 bits per heavy atom. The molecular weight excluding hydrogens is 444 g/mol. The van der Waals surface area contributed by atoms with Crippen LogP contribution in [-0.2, 0) is 27.4 Å². The molecule has 2 aromatic heterocycles. The number of amides is 1. The van der Waals surface area contributed by atoms with Gasteiger partial charge in [0.15, 0.2) is 0 Å². The van der Waals surface area contributed by atoms with E-state index in [1.807, 2.05) is 13.8 Å². The highest BCUT2D eigenvalue weighted by Crippen LogP contribution is 2.22. The summed E-state index contributed by atoms with van der Waals surface area (Å²) in [6.07, 6.45) is 2.85. The van der Waals surface area contributed by atoms with Gasteiger partial charge in [0.2, 0.25) is 0 Å². The van der Waals surface area contributed by atoms with E-state index < -0.39 is 28.4 Å². The maximum Gasteiger partial charge on any atom is 0.355 e. The fraction of sp³-hybridized carbons (Fsp3) is 0.522. The number of aromatic nitrogens is 2. The Kier molecular flexibility index (Phi) is 8.61. The van der Waals surface area contributed by atoms with Crippen molar-refractivity contribution < 1.29 is 28.8 Å². The first-order valence-electron chi connectivity index (χ1n) is 11.1. The van der Waals surface area contributed by atoms with Gasteiger partial charge in [0.05, 0.1) is 29.8 Å². The smallest absolute Gasteiger partial charge is 0.355 e. The average Bonchev–Trinajstić information content (AvgIpc) is 3.29. The van der Waals surface area contributed by atoms with E-state index in [0.29, 0.717) is 6.54 Å². The van der Waals surface area contributed by atoms with Crippen molar-refractivity contribution in [2.45, 2.75) is 66.7 Å². The monoisotopic (exact) mass is 476 g/mol. The largest absolute Gasteiger partial charge is 0.461 e. The fourth-order valence-corrected chi connectivity index (χ4v) is 3.27. The summed E-state index contributed by atoms with van der Waals surface area (Å²) in [6.45, 7) is 11.5. The summed E-state index contributed by atoms with van der Waals surface area (Å²) in [4.78, 5) is 48.1. The minimum atomic E-state index is -0.635. The van der Waals surface area contributed by atoms with Crippen LogP contribution in [0.5, 0.6) is 0 Å². The molecule has 2 heterocycles. The van der Waals surface area contributed by atoms with Crippen molar-refractivity contribution >= 4 is 29.2 Å². The van der Waals surface area contributed by atoms with E-state index in [4.69, 9.17) is 9.47 Å². The second kappa shape index (κ2) is 11.0. The van der Waals surface area contributed by atoms with Crippen molar-refractivity contribution in [1.82, 2.24) is 9.13 Å². The number of carbonyl (C=O) groups excluding carboxylic acids is 3. The summed E-state index contributed by atoms with van der Waals surface area (Å²) in [5.74, 6) is -1.44. The number of rotatable bonds is 10. The van der Waals surface area contributed by atoms with Crippen LogP contribution in [0.4, 0.5) is 11.4 Å². The number of ether oxygens (including phenoxy) is 2. The van der Waals surface area contributed by atoms with Gasteiger partial charge < -0.3 is 23.9 Å². The molecule has 1 N–H and O–H groups in total. The number of aryl methyl sites for hydroxylation is 1. The van der Waals surface area contributed by atoms with Gasteiger partial charge in [0.25, 0.3) is 11.6 Å². The van der Waals surface area contributed by atoms with E-state index in [9.17, 15) is 24.5 Å². The molecule has 2 rings (SSSR count). The lowest BCUT2D eigenvalue weighted by Crippen LogP contribution is -2.24. The molecule has 0 aromatic carbocycles. The molecule has 0 aliphatic rings. The number of esters is 2. The van der Waals surface area contributed by atoms with Gasteiger partial charge in [-0.3, -0.25) is 19.7 Å². The molecule has 0 saturated carbocycles. The maximum absolute atomic E-state index is 12.9. The Hall–Kier alpha value is -3.63. The van der Waals surface area contributed by atoms with Crippen LogP contribution in [0.15, 0.2) is 24.5 Å². The Balaban J connectivity index is 2.27. The molecule has 0 spiro atoms. The molecule has 11 heteroatoms. The zero-order valence-corrected chi connectivity index (χ0v) is 20.4. The molecule has 11 nitrogen and oxygen atoms in total. The number of nitrogens with one attached hydrogen (secondary N) is 1. The quantitative estimate of drug-likeness (QED) is 0.311. The third-order valence-electron chi connectivity index (χ3n) is 4.50. The molecule has 0 radical (unpaired) electrons. The van der Waals surface area contributed by atoms with Crippen LogP contribution >= 0.6 is 0 Å². The first-order chi connectivity index (χ1) is 15.8. The van der Waals surface area contributed by atoms with E-state index in [1.165, 1.54) is 33.7 Å². The van der Waals surface area contributed by atoms with Crippen LogP contribution in [-0.4, -0.2) is 44.1 Å². The van der Waals surface area contributed by atoms with Gasteiger partial charge in [-0.15, -0.1) is 0 Å². The standard InChI is InChI=1S/C23H32N4O7/c1-7-33-22(30)19-10-16(13-25(19)9-8-20(28)34-23(4,5)6)24-21(29)18-11-17(27(31)32)14-26(18)12-15(2)3/h10-11,13-15H,7-9,12H2,1-6H3,(H,24,29). The molecule has 0 aliphatic carbocycles. The van der Waals surface area contributed by atoms with Crippen LogP contribution < -0.4 is 5.32 Å². The van der Waals surface area contributed by atoms with E-state index in [1.54, 1.807) is 27.7 Å². The van der Waals surface area contributed by atoms with Crippen molar-refractivity contribution in [1.29, 1.82) is 0 Å². The molecular formula is C23H32N4O7. The van der Waals surface area contributed by atoms with E-state index >= 15 is 0 Å². The molecule has 0 saturated heterocycles. The lowest BCUT2D eigenvalue weighted by atomic mass is 10.2. The Morgan fingerprint density at radius 2 is 1.79 bits per heavy atom. The highest BCUT2D eigenvalue weighted by Gasteiger charge is 2.23. The fourth-order valence-electron chi connectivity index (χ4n) is 3.27. The van der Waals surface area contributed by atoms with Gasteiger partial charge in [-0.05, 0) is 39.7 Å². The van der Waals surface area contributed by atoms with Gasteiger partial charge in [0.1, 0.15) is 17.0 Å². The number of hydrogen-bond acceptors (Lipinski definition) is 7. The summed E-state index contributed by atoms with van der Waals surface area (Å²) in [7, 11) is 0. The molecule has 186 valence electrons. The molecule has 1 amide bonds. The minimum Gasteiger partial charge on any atom is -0.461 e. The lowest BCUT2D eigenvalue weighted by Gasteiger charge is -2.19. The predicted octanol–water partition coefficient (Wildman–Crippen LogP) is 4.01. The summed E-state index contributed by atoms with van der Waals surface area (Å²) in [5, 5.41) is 13.9. The van der Waals surface area contributed by atoms with Crippen molar-refractivity contribution in [3.05, 3.63) is 46.0 Å². The van der Waals surface area contributed by atoms with Crippen molar-refractivity contribution in [3.8, 4) is 0 Å². The third-order valence-corrected chi connectivity index (χ3v) is 4.50. The zero-order chi connectivity index (χ0) is 25.6. The van der Waals surface area contributed by atoms with Crippen LogP contribution in [0, 0.1) is 16.0 Å². The van der Waals surface area contributed by atoms with Gasteiger partial charge in [-0.2, -0.15) is 0 Å². The summed E-state index contributed by atoms with van der Waals surface area (Å²) in [5.41, 5.74) is -0.251. The zero-order valence-electron chi connectivity index (χ0n) is 20.4. The molecule has 34 heavy (non-hydrogen) atoms. The molecule has 2 aromatic rings. The molecule has 0 fully saturated rings. The van der Waals surface area contributed by atoms with Gasteiger partial charge >= 0.3 is 11.9 Å². The van der Waals surface area contributed by atoms with E-state index in [-0.39, 0.29) is 48.3 Å². The Bertz CT molecular complexity index is 1060. The van der Waals surface area contributed by atoms with E-state index in [0.717, 1.165) is 0 Å². The summed E-state index contributed by atoms with van der Waals surface area (Å²) >= 11 is 0. The Labute approximate surface area is 198 Å². The SMILES string of the molecule is CCOC(=O)c1cc(NC(=O)c2cc([N+](=O)[O-])cn2CC(C)C)cn1CCC(=O)OC(C)(C)C. The highest BCUT2D eigenvalue weighted by molar-refractivity contribution is 6.04. The average molecular weight is 477 g/mol.